The van der Waals surface area contributed by atoms with E-state index in [1.54, 1.807) is 0 Å². The molecule has 0 radical (unpaired) electrons. The molecule has 0 unspecified atom stereocenters. The number of carboxylic acid groups (broad SMARTS) is 3. The van der Waals surface area contributed by atoms with Crippen LogP contribution in [-0.2, 0) is 0 Å². The smallest absolute Gasteiger partial charge is 0.373 e. The molecule has 1 heterocycles. The fraction of sp³-hybridized carbons (Fsp3) is 0. The number of nitrogens with zero attached hydrogens (tertiary/aromatic N) is 2. The first-order chi connectivity index (χ1) is 8.91. The second kappa shape index (κ2) is 4.33. The van der Waals surface area contributed by atoms with E-state index in [0.29, 0.717) is 0 Å². The zero-order valence-electron chi connectivity index (χ0n) is 9.19. The Kier molecular flexibility index (Phi) is 2.83. The topological polar surface area (TPSA) is 138 Å². The van der Waals surface area contributed by atoms with Crippen LogP contribution in [0.25, 0.3) is 10.9 Å². The molecule has 19 heavy (non-hydrogen) atoms. The van der Waals surface area contributed by atoms with Crippen molar-refractivity contribution >= 4 is 28.8 Å². The van der Waals surface area contributed by atoms with Gasteiger partial charge < -0.3 is 15.3 Å². The lowest BCUT2D eigenvalue weighted by molar-refractivity contribution is 0.0675. The van der Waals surface area contributed by atoms with Gasteiger partial charge in [-0.15, -0.1) is 0 Å². The molecule has 0 aliphatic rings. The molecule has 0 amide bonds. The highest BCUT2D eigenvalue weighted by molar-refractivity contribution is 6.09. The normalized spacial score (nSPS) is 10.3. The average Bonchev–Trinajstić information content (AvgIpc) is 2.36. The van der Waals surface area contributed by atoms with Gasteiger partial charge in [0.2, 0.25) is 5.82 Å². The average molecular weight is 262 g/mol. The lowest BCUT2D eigenvalue weighted by Gasteiger charge is -2.05. The molecule has 1 aromatic heterocycles. The Morgan fingerprint density at radius 1 is 0.895 bits per heavy atom. The third kappa shape index (κ3) is 2.06. The van der Waals surface area contributed by atoms with E-state index in [1.165, 1.54) is 0 Å². The van der Waals surface area contributed by atoms with E-state index in [0.717, 1.165) is 18.3 Å². The molecule has 8 nitrogen and oxygen atoms in total. The number of rotatable bonds is 3. The zero-order chi connectivity index (χ0) is 14.2. The van der Waals surface area contributed by atoms with Crippen LogP contribution in [0.2, 0.25) is 0 Å². The van der Waals surface area contributed by atoms with Crippen molar-refractivity contribution in [3.63, 3.8) is 0 Å². The van der Waals surface area contributed by atoms with Crippen LogP contribution in [0.5, 0.6) is 0 Å². The standard InChI is InChI=1S/C11H6N2O6/c14-9(15)4-1-2-5(10(16)17)7-6(4)3-12-8(13-7)11(18)19/h1-3H,(H,14,15)(H,16,17)(H,18,19). The summed E-state index contributed by atoms with van der Waals surface area (Å²) in [4.78, 5) is 39.8. The first kappa shape index (κ1) is 12.4. The highest BCUT2D eigenvalue weighted by atomic mass is 16.4. The maximum atomic E-state index is 11.0. The fourth-order valence-corrected chi connectivity index (χ4v) is 1.58. The minimum atomic E-state index is -1.43. The number of carboxylic acids is 3. The van der Waals surface area contributed by atoms with Gasteiger partial charge in [0.05, 0.1) is 16.6 Å². The molecule has 0 aliphatic heterocycles. The summed E-state index contributed by atoms with van der Waals surface area (Å²) in [5.41, 5.74) is -0.707. The van der Waals surface area contributed by atoms with Gasteiger partial charge in [0.25, 0.3) is 0 Å². The van der Waals surface area contributed by atoms with E-state index in [2.05, 4.69) is 9.97 Å². The van der Waals surface area contributed by atoms with E-state index in [-0.39, 0.29) is 22.0 Å². The van der Waals surface area contributed by atoms with Gasteiger partial charge in [-0.3, -0.25) is 0 Å². The van der Waals surface area contributed by atoms with Crippen LogP contribution in [0.4, 0.5) is 0 Å². The quantitative estimate of drug-likeness (QED) is 0.735. The fourth-order valence-electron chi connectivity index (χ4n) is 1.58. The molecule has 2 rings (SSSR count). The molecular formula is C11H6N2O6. The van der Waals surface area contributed by atoms with Gasteiger partial charge in [0.15, 0.2) is 0 Å². The Labute approximate surface area is 105 Å². The van der Waals surface area contributed by atoms with Gasteiger partial charge in [-0.2, -0.15) is 0 Å². The maximum Gasteiger partial charge on any atom is 0.373 e. The van der Waals surface area contributed by atoms with Gasteiger partial charge >= 0.3 is 17.9 Å². The number of hydrogen-bond acceptors (Lipinski definition) is 5. The van der Waals surface area contributed by atoms with E-state index in [4.69, 9.17) is 15.3 Å². The Morgan fingerprint density at radius 2 is 1.47 bits per heavy atom. The molecule has 0 saturated heterocycles. The minimum absolute atomic E-state index is 0.0302. The number of hydrogen-bond donors (Lipinski definition) is 3. The van der Waals surface area contributed by atoms with E-state index in [1.807, 2.05) is 0 Å². The van der Waals surface area contributed by atoms with Crippen LogP contribution in [0.3, 0.4) is 0 Å². The van der Waals surface area contributed by atoms with Crippen LogP contribution in [0, 0.1) is 0 Å². The van der Waals surface area contributed by atoms with Crippen molar-refractivity contribution in [1.29, 1.82) is 0 Å². The Bertz CT molecular complexity index is 724. The third-order valence-electron chi connectivity index (χ3n) is 2.40. The number of benzene rings is 1. The predicted molar refractivity (Wildman–Crippen MR) is 60.4 cm³/mol. The molecule has 8 heteroatoms. The Balaban J connectivity index is 2.88. The van der Waals surface area contributed by atoms with Crippen LogP contribution in [-0.4, -0.2) is 43.2 Å². The molecule has 0 saturated carbocycles. The number of aromatic nitrogens is 2. The number of fused-ring (bicyclic) bond motifs is 1. The zero-order valence-corrected chi connectivity index (χ0v) is 9.19. The van der Waals surface area contributed by atoms with Gasteiger partial charge in [-0.1, -0.05) is 0 Å². The van der Waals surface area contributed by atoms with Gasteiger partial charge in [0.1, 0.15) is 0 Å². The summed E-state index contributed by atoms with van der Waals surface area (Å²) in [7, 11) is 0. The molecule has 0 spiro atoms. The molecule has 0 aliphatic carbocycles. The second-order valence-electron chi connectivity index (χ2n) is 3.53. The van der Waals surface area contributed by atoms with E-state index < -0.39 is 23.7 Å². The molecule has 0 fully saturated rings. The third-order valence-corrected chi connectivity index (χ3v) is 2.40. The van der Waals surface area contributed by atoms with Crippen molar-refractivity contribution < 1.29 is 29.7 Å². The highest BCUT2D eigenvalue weighted by Crippen LogP contribution is 2.21. The lowest BCUT2D eigenvalue weighted by Crippen LogP contribution is -2.09. The summed E-state index contributed by atoms with van der Waals surface area (Å²) >= 11 is 0. The second-order valence-corrected chi connectivity index (χ2v) is 3.53. The highest BCUT2D eigenvalue weighted by Gasteiger charge is 2.18. The molecule has 2 aromatic rings. The summed E-state index contributed by atoms with van der Waals surface area (Å²) in [6.07, 6.45) is 0.988. The molecule has 0 atom stereocenters. The summed E-state index contributed by atoms with van der Waals surface area (Å²) < 4.78 is 0. The SMILES string of the molecule is O=C(O)c1ncc2c(C(=O)O)ccc(C(=O)O)c2n1. The maximum absolute atomic E-state index is 11.0. The molecular weight excluding hydrogens is 256 g/mol. The summed E-state index contributed by atoms with van der Waals surface area (Å²) in [6.45, 7) is 0. The predicted octanol–water partition coefficient (Wildman–Crippen LogP) is 0.724. The first-order valence-corrected chi connectivity index (χ1v) is 4.91. The van der Waals surface area contributed by atoms with Gasteiger partial charge in [-0.05, 0) is 12.1 Å². The summed E-state index contributed by atoms with van der Waals surface area (Å²) in [5, 5.41) is 26.7. The van der Waals surface area contributed by atoms with Crippen LogP contribution in [0.15, 0.2) is 18.3 Å². The minimum Gasteiger partial charge on any atom is -0.478 e. The monoisotopic (exact) mass is 262 g/mol. The molecule has 0 bridgehead atoms. The number of aromatic carboxylic acids is 3. The van der Waals surface area contributed by atoms with E-state index >= 15 is 0 Å². The van der Waals surface area contributed by atoms with Crippen molar-refractivity contribution in [2.75, 3.05) is 0 Å². The Hall–Kier alpha value is -3.03. The molecule has 1 aromatic carbocycles. The lowest BCUT2D eigenvalue weighted by atomic mass is 10.1. The van der Waals surface area contributed by atoms with Crippen LogP contribution >= 0.6 is 0 Å². The van der Waals surface area contributed by atoms with Crippen molar-refractivity contribution in [1.82, 2.24) is 9.97 Å². The number of carbonyl (C=O) groups is 3. The molecule has 3 N–H and O–H groups in total. The van der Waals surface area contributed by atoms with Gasteiger partial charge in [0, 0.05) is 11.6 Å². The summed E-state index contributed by atoms with van der Waals surface area (Å²) in [6, 6.07) is 2.17. The van der Waals surface area contributed by atoms with Crippen LogP contribution < -0.4 is 0 Å². The van der Waals surface area contributed by atoms with Crippen LogP contribution in [0.1, 0.15) is 31.3 Å². The molecule has 96 valence electrons. The summed E-state index contributed by atoms with van der Waals surface area (Å²) in [5.74, 6) is -4.65. The van der Waals surface area contributed by atoms with Crippen molar-refractivity contribution in [3.8, 4) is 0 Å². The van der Waals surface area contributed by atoms with Crippen molar-refractivity contribution in [3.05, 3.63) is 35.3 Å². The van der Waals surface area contributed by atoms with Crippen molar-refractivity contribution in [2.45, 2.75) is 0 Å². The first-order valence-electron chi connectivity index (χ1n) is 4.91. The largest absolute Gasteiger partial charge is 0.478 e. The van der Waals surface area contributed by atoms with E-state index in [9.17, 15) is 14.4 Å². The van der Waals surface area contributed by atoms with Crippen molar-refractivity contribution in [2.24, 2.45) is 0 Å². The van der Waals surface area contributed by atoms with Gasteiger partial charge in [-0.25, -0.2) is 24.4 Å². The Morgan fingerprint density at radius 3 is 2.00 bits per heavy atom.